The molecule has 0 amide bonds. The topological polar surface area (TPSA) is 3.24 Å². The molecule has 2 aliphatic rings. The third-order valence-corrected chi connectivity index (χ3v) is 12.0. The van der Waals surface area contributed by atoms with Crippen LogP contribution in [0.15, 0.2) is 200 Å². The average Bonchev–Trinajstić information content (AvgIpc) is 3.65. The first-order valence-electron chi connectivity index (χ1n) is 18.6. The van der Waals surface area contributed by atoms with Crippen LogP contribution in [0, 0.1) is 0 Å². The molecule has 0 aromatic heterocycles. The molecule has 0 spiro atoms. The fourth-order valence-electron chi connectivity index (χ4n) is 9.36. The number of hydrogen-bond acceptors (Lipinski definition) is 1. The van der Waals surface area contributed by atoms with Crippen LogP contribution >= 0.6 is 0 Å². The first-order chi connectivity index (χ1) is 26.1. The zero-order chi connectivity index (χ0) is 35.6. The molecule has 252 valence electrons. The Morgan fingerprint density at radius 1 is 0.321 bits per heavy atom. The minimum atomic E-state index is -0.306. The van der Waals surface area contributed by atoms with Gasteiger partial charge in [-0.15, -0.1) is 0 Å². The van der Waals surface area contributed by atoms with E-state index in [1.165, 1.54) is 66.8 Å². The van der Waals surface area contributed by atoms with Crippen molar-refractivity contribution in [3.63, 3.8) is 0 Å². The van der Waals surface area contributed by atoms with Gasteiger partial charge in [-0.1, -0.05) is 170 Å². The van der Waals surface area contributed by atoms with Crippen LogP contribution in [-0.2, 0) is 10.8 Å². The summed E-state index contributed by atoms with van der Waals surface area (Å²) in [6.07, 6.45) is 0. The smallest absolute Gasteiger partial charge is 0.0540 e. The molecule has 8 aromatic rings. The molecule has 0 bridgehead atoms. The SMILES string of the molecule is CC1(c2ccccc2)c2ccccc2-c2ccc(N(c3ccc4c(c3)C(C)(c3ccccc3)c3ccccc3-4)c3ccccc3-c3ccccc3)cc21. The van der Waals surface area contributed by atoms with Gasteiger partial charge in [0.2, 0.25) is 0 Å². The van der Waals surface area contributed by atoms with Gasteiger partial charge >= 0.3 is 0 Å². The minimum Gasteiger partial charge on any atom is -0.310 e. The van der Waals surface area contributed by atoms with Gasteiger partial charge in [0.15, 0.2) is 0 Å². The summed E-state index contributed by atoms with van der Waals surface area (Å²) in [5, 5.41) is 0. The van der Waals surface area contributed by atoms with Gasteiger partial charge in [-0.2, -0.15) is 0 Å². The van der Waals surface area contributed by atoms with Gasteiger partial charge in [0.05, 0.1) is 5.69 Å². The van der Waals surface area contributed by atoms with Gasteiger partial charge in [0.25, 0.3) is 0 Å². The van der Waals surface area contributed by atoms with E-state index in [1.54, 1.807) is 0 Å². The lowest BCUT2D eigenvalue weighted by molar-refractivity contribution is 0.713. The number of rotatable bonds is 6. The van der Waals surface area contributed by atoms with E-state index in [4.69, 9.17) is 0 Å². The summed E-state index contributed by atoms with van der Waals surface area (Å²) in [5.41, 5.74) is 18.4. The zero-order valence-corrected chi connectivity index (χ0v) is 30.0. The highest BCUT2D eigenvalue weighted by Crippen LogP contribution is 2.56. The van der Waals surface area contributed by atoms with Crippen molar-refractivity contribution in [1.29, 1.82) is 0 Å². The zero-order valence-electron chi connectivity index (χ0n) is 30.0. The molecular weight excluding hydrogens is 639 g/mol. The molecule has 2 unspecified atom stereocenters. The molecule has 8 aromatic carbocycles. The monoisotopic (exact) mass is 677 g/mol. The standard InChI is InChI=1S/C52H39N/c1-51(37-20-8-4-9-21-37)46-27-15-12-25-42(46)44-32-30-39(34-48(44)51)53(50-29-17-14-24-41(50)36-18-6-3-7-19-36)40-31-33-45-43-26-13-16-28-47(43)52(2,49(45)35-40)38-22-10-5-11-23-38/h3-35H,1-2H3. The molecule has 0 fully saturated rings. The number of nitrogens with zero attached hydrogens (tertiary/aromatic N) is 1. The molecule has 2 atom stereocenters. The molecule has 0 aliphatic heterocycles. The van der Waals surface area contributed by atoms with E-state index in [1.807, 2.05) is 0 Å². The van der Waals surface area contributed by atoms with Crippen molar-refractivity contribution in [2.75, 3.05) is 4.90 Å². The van der Waals surface area contributed by atoms with E-state index in [9.17, 15) is 0 Å². The maximum atomic E-state index is 2.49. The summed E-state index contributed by atoms with van der Waals surface area (Å²) in [6.45, 7) is 4.80. The van der Waals surface area contributed by atoms with Crippen LogP contribution < -0.4 is 4.90 Å². The first-order valence-corrected chi connectivity index (χ1v) is 18.6. The number of para-hydroxylation sites is 1. The van der Waals surface area contributed by atoms with Crippen molar-refractivity contribution >= 4 is 17.1 Å². The Balaban J connectivity index is 1.23. The highest BCUT2D eigenvalue weighted by molar-refractivity contribution is 5.93. The van der Waals surface area contributed by atoms with Gasteiger partial charge < -0.3 is 4.90 Å². The van der Waals surface area contributed by atoms with E-state index in [0.29, 0.717) is 0 Å². The maximum Gasteiger partial charge on any atom is 0.0540 e. The molecule has 0 N–H and O–H groups in total. The van der Waals surface area contributed by atoms with Crippen LogP contribution in [0.2, 0.25) is 0 Å². The van der Waals surface area contributed by atoms with Crippen LogP contribution in [0.1, 0.15) is 47.2 Å². The lowest BCUT2D eigenvalue weighted by atomic mass is 9.74. The van der Waals surface area contributed by atoms with Gasteiger partial charge in [-0.3, -0.25) is 0 Å². The van der Waals surface area contributed by atoms with E-state index in [-0.39, 0.29) is 10.8 Å². The lowest BCUT2D eigenvalue weighted by Crippen LogP contribution is -2.23. The van der Waals surface area contributed by atoms with Crippen molar-refractivity contribution < 1.29 is 0 Å². The Bertz CT molecular complexity index is 2500. The highest BCUT2D eigenvalue weighted by atomic mass is 15.1. The summed E-state index contributed by atoms with van der Waals surface area (Å²) < 4.78 is 0. The van der Waals surface area contributed by atoms with E-state index >= 15 is 0 Å². The predicted octanol–water partition coefficient (Wildman–Crippen LogP) is 13.5. The van der Waals surface area contributed by atoms with Gasteiger partial charge in [0.1, 0.15) is 0 Å². The summed E-state index contributed by atoms with van der Waals surface area (Å²) >= 11 is 0. The van der Waals surface area contributed by atoms with Crippen LogP contribution in [0.5, 0.6) is 0 Å². The van der Waals surface area contributed by atoms with Crippen molar-refractivity contribution in [2.24, 2.45) is 0 Å². The average molecular weight is 678 g/mol. The Morgan fingerprint density at radius 3 is 1.19 bits per heavy atom. The Morgan fingerprint density at radius 2 is 0.698 bits per heavy atom. The number of benzene rings is 8. The third-order valence-electron chi connectivity index (χ3n) is 12.0. The summed E-state index contributed by atoms with van der Waals surface area (Å²) in [5.74, 6) is 0. The molecule has 0 saturated carbocycles. The maximum absolute atomic E-state index is 2.49. The summed E-state index contributed by atoms with van der Waals surface area (Å²) in [7, 11) is 0. The molecule has 53 heavy (non-hydrogen) atoms. The van der Waals surface area contributed by atoms with E-state index < -0.39 is 0 Å². The number of anilines is 3. The van der Waals surface area contributed by atoms with Crippen molar-refractivity contribution in [3.05, 3.63) is 234 Å². The second kappa shape index (κ2) is 12.1. The quantitative estimate of drug-likeness (QED) is 0.169. The second-order valence-corrected chi connectivity index (χ2v) is 14.8. The van der Waals surface area contributed by atoms with Crippen LogP contribution in [0.4, 0.5) is 17.1 Å². The van der Waals surface area contributed by atoms with Crippen molar-refractivity contribution in [1.82, 2.24) is 0 Å². The van der Waals surface area contributed by atoms with Crippen LogP contribution in [0.3, 0.4) is 0 Å². The first kappa shape index (κ1) is 31.3. The van der Waals surface area contributed by atoms with Crippen molar-refractivity contribution in [3.8, 4) is 33.4 Å². The van der Waals surface area contributed by atoms with Gasteiger partial charge in [0, 0.05) is 27.8 Å². The van der Waals surface area contributed by atoms with Crippen LogP contribution in [-0.4, -0.2) is 0 Å². The Labute approximate surface area is 312 Å². The second-order valence-electron chi connectivity index (χ2n) is 14.8. The summed E-state index contributed by atoms with van der Waals surface area (Å²) in [6, 6.07) is 73.8. The fourth-order valence-corrected chi connectivity index (χ4v) is 9.36. The van der Waals surface area contributed by atoms with E-state index in [2.05, 4.69) is 219 Å². The third kappa shape index (κ3) is 4.64. The molecule has 0 heterocycles. The molecule has 1 nitrogen and oxygen atoms in total. The number of hydrogen-bond donors (Lipinski definition) is 0. The minimum absolute atomic E-state index is 0.306. The Kier molecular flexibility index (Phi) is 7.13. The summed E-state index contributed by atoms with van der Waals surface area (Å²) in [4.78, 5) is 2.49. The van der Waals surface area contributed by atoms with E-state index in [0.717, 1.165) is 17.1 Å². The Hall–Kier alpha value is -6.44. The van der Waals surface area contributed by atoms with Crippen molar-refractivity contribution in [2.45, 2.75) is 24.7 Å². The molecule has 0 radical (unpaired) electrons. The normalized spacial score (nSPS) is 17.8. The predicted molar refractivity (Wildman–Crippen MR) is 221 cm³/mol. The molecular formula is C52H39N. The fraction of sp³-hybridized carbons (Fsp3) is 0.0769. The molecule has 1 heteroatoms. The lowest BCUT2D eigenvalue weighted by Gasteiger charge is -2.33. The van der Waals surface area contributed by atoms with Crippen LogP contribution in [0.25, 0.3) is 33.4 Å². The molecule has 2 aliphatic carbocycles. The molecule has 10 rings (SSSR count). The largest absolute Gasteiger partial charge is 0.310 e. The van der Waals surface area contributed by atoms with Gasteiger partial charge in [-0.25, -0.2) is 0 Å². The van der Waals surface area contributed by atoms with Gasteiger partial charge in [-0.05, 0) is 105 Å². The number of fused-ring (bicyclic) bond motifs is 6. The highest BCUT2D eigenvalue weighted by Gasteiger charge is 2.43. The molecule has 0 saturated heterocycles.